The van der Waals surface area contributed by atoms with Crippen LogP contribution in [0.1, 0.15) is 19.9 Å². The maximum atomic E-state index is 13.2. The highest BCUT2D eigenvalue weighted by Gasteiger charge is 2.24. The van der Waals surface area contributed by atoms with Gasteiger partial charge in [-0.15, -0.1) is 0 Å². The lowest BCUT2D eigenvalue weighted by Crippen LogP contribution is -2.81. The summed E-state index contributed by atoms with van der Waals surface area (Å²) < 4.78 is 8.94. The zero-order chi connectivity index (χ0) is 22.1. The van der Waals surface area contributed by atoms with Gasteiger partial charge in [0.1, 0.15) is 18.3 Å². The van der Waals surface area contributed by atoms with E-state index in [0.29, 0.717) is 24.6 Å². The van der Waals surface area contributed by atoms with Crippen LogP contribution in [0.3, 0.4) is 0 Å². The molecule has 4 aromatic rings. The summed E-state index contributed by atoms with van der Waals surface area (Å²) in [6.45, 7) is 4.87. The molecule has 0 radical (unpaired) electrons. The van der Waals surface area contributed by atoms with E-state index in [1.165, 1.54) is 0 Å². The molecular formula is C23H27N6O2+. The minimum atomic E-state index is -0.335. The Kier molecular flexibility index (Phi) is 5.56. The molecule has 0 bridgehead atoms. The van der Waals surface area contributed by atoms with Gasteiger partial charge >= 0.3 is 5.69 Å². The molecule has 0 aliphatic rings. The predicted octanol–water partition coefficient (Wildman–Crippen LogP) is 2.12. The van der Waals surface area contributed by atoms with Crippen molar-refractivity contribution in [2.75, 3.05) is 20.2 Å². The number of nitrogens with one attached hydrogen (secondary N) is 1. The average Bonchev–Trinajstić information content (AvgIpc) is 3.02. The molecule has 3 N–H and O–H groups in total. The molecule has 1 atom stereocenters. The van der Waals surface area contributed by atoms with Crippen molar-refractivity contribution in [1.82, 2.24) is 19.1 Å². The SMILES string of the molecule is CCOc1cncc(-c2ccc3ncc4c(c3c2)n(C(C[NH2+]C)C(C)=N)c(=O)n4C)c1. The molecule has 0 aliphatic heterocycles. The second-order valence-electron chi connectivity index (χ2n) is 7.62. The molecule has 0 saturated heterocycles. The maximum Gasteiger partial charge on any atom is 0.329 e. The molecule has 0 saturated carbocycles. The number of pyridine rings is 2. The molecule has 0 spiro atoms. The summed E-state index contributed by atoms with van der Waals surface area (Å²) >= 11 is 0. The third kappa shape index (κ3) is 3.59. The van der Waals surface area contributed by atoms with Gasteiger partial charge in [0.2, 0.25) is 0 Å². The van der Waals surface area contributed by atoms with Gasteiger partial charge in [-0.25, -0.2) is 4.79 Å². The second-order valence-corrected chi connectivity index (χ2v) is 7.62. The molecule has 0 fully saturated rings. The number of imidazole rings is 1. The van der Waals surface area contributed by atoms with E-state index in [0.717, 1.165) is 33.1 Å². The normalized spacial score (nSPS) is 12.4. The molecule has 8 nitrogen and oxygen atoms in total. The van der Waals surface area contributed by atoms with E-state index in [4.69, 9.17) is 10.1 Å². The molecule has 1 aromatic carbocycles. The van der Waals surface area contributed by atoms with Crippen LogP contribution >= 0.6 is 0 Å². The molecule has 0 amide bonds. The van der Waals surface area contributed by atoms with Crippen LogP contribution in [0.5, 0.6) is 5.75 Å². The smallest absolute Gasteiger partial charge is 0.329 e. The summed E-state index contributed by atoms with van der Waals surface area (Å²) in [5.41, 5.74) is 4.53. The van der Waals surface area contributed by atoms with Crippen LogP contribution < -0.4 is 15.7 Å². The monoisotopic (exact) mass is 419 g/mol. The van der Waals surface area contributed by atoms with E-state index < -0.39 is 0 Å². The van der Waals surface area contributed by atoms with Gasteiger partial charge in [-0.05, 0) is 37.6 Å². The summed E-state index contributed by atoms with van der Waals surface area (Å²) in [4.78, 5) is 22.1. The Morgan fingerprint density at radius 3 is 2.74 bits per heavy atom. The minimum Gasteiger partial charge on any atom is -0.492 e. The van der Waals surface area contributed by atoms with E-state index in [2.05, 4.69) is 9.97 Å². The van der Waals surface area contributed by atoms with E-state index in [1.807, 2.05) is 43.6 Å². The molecule has 0 aliphatic carbocycles. The lowest BCUT2D eigenvalue weighted by molar-refractivity contribution is -0.629. The van der Waals surface area contributed by atoms with E-state index in [-0.39, 0.29) is 11.7 Å². The highest BCUT2D eigenvalue weighted by Crippen LogP contribution is 2.30. The Morgan fingerprint density at radius 2 is 2.03 bits per heavy atom. The van der Waals surface area contributed by atoms with Gasteiger partial charge in [-0.2, -0.15) is 0 Å². The number of fused-ring (bicyclic) bond motifs is 3. The van der Waals surface area contributed by atoms with Gasteiger partial charge in [0, 0.05) is 29.9 Å². The van der Waals surface area contributed by atoms with Crippen LogP contribution in [0.15, 0.2) is 47.7 Å². The predicted molar refractivity (Wildman–Crippen MR) is 122 cm³/mol. The summed E-state index contributed by atoms with van der Waals surface area (Å²) in [7, 11) is 3.70. The Morgan fingerprint density at radius 1 is 1.23 bits per heavy atom. The highest BCUT2D eigenvalue weighted by molar-refractivity contribution is 6.04. The van der Waals surface area contributed by atoms with E-state index in [9.17, 15) is 4.79 Å². The molecule has 3 heterocycles. The first-order valence-corrected chi connectivity index (χ1v) is 10.4. The number of aromatic nitrogens is 4. The van der Waals surface area contributed by atoms with E-state index in [1.54, 1.807) is 41.7 Å². The lowest BCUT2D eigenvalue weighted by atomic mass is 10.0. The zero-order valence-corrected chi connectivity index (χ0v) is 18.2. The molecule has 1 unspecified atom stereocenters. The second kappa shape index (κ2) is 8.31. The van der Waals surface area contributed by atoms with Crippen LogP contribution in [0.2, 0.25) is 0 Å². The van der Waals surface area contributed by atoms with Crippen LogP contribution in [0, 0.1) is 5.41 Å². The van der Waals surface area contributed by atoms with Gasteiger partial charge < -0.3 is 15.5 Å². The van der Waals surface area contributed by atoms with Gasteiger partial charge in [0.15, 0.2) is 0 Å². The summed E-state index contributed by atoms with van der Waals surface area (Å²) in [5.74, 6) is 0.714. The first-order chi connectivity index (χ1) is 15.0. The number of benzene rings is 1. The first kappa shape index (κ1) is 20.7. The standard InChI is InChI=1S/C23H26N6O2/c1-5-31-17-8-16(10-26-11-17)15-6-7-19-18(9-15)22-21(13-27-19)28(4)23(30)29(22)20(12-25-3)14(2)24/h6-11,13,20,24-25H,5,12H2,1-4H3/p+1. The molecular weight excluding hydrogens is 392 g/mol. The number of aryl methyl sites for hydroxylation is 1. The largest absolute Gasteiger partial charge is 0.492 e. The number of rotatable bonds is 7. The molecule has 31 heavy (non-hydrogen) atoms. The van der Waals surface area contributed by atoms with Gasteiger partial charge in [0.05, 0.1) is 42.6 Å². The Labute approximate surface area is 180 Å². The van der Waals surface area contributed by atoms with Gasteiger partial charge in [-0.1, -0.05) is 6.07 Å². The van der Waals surface area contributed by atoms with Crippen molar-refractivity contribution in [3.05, 3.63) is 53.3 Å². The number of ether oxygens (including phenoxy) is 1. The van der Waals surface area contributed by atoms with Crippen molar-refractivity contribution in [3.8, 4) is 16.9 Å². The van der Waals surface area contributed by atoms with Crippen molar-refractivity contribution >= 4 is 27.6 Å². The number of nitrogens with two attached hydrogens (primary N) is 1. The number of nitrogens with zero attached hydrogens (tertiary/aromatic N) is 4. The molecule has 4 rings (SSSR count). The molecule has 160 valence electrons. The Hall–Kier alpha value is -3.52. The van der Waals surface area contributed by atoms with Crippen LogP contribution in [-0.4, -0.2) is 45.0 Å². The maximum absolute atomic E-state index is 13.2. The van der Waals surface area contributed by atoms with Crippen molar-refractivity contribution in [1.29, 1.82) is 5.41 Å². The van der Waals surface area contributed by atoms with Crippen molar-refractivity contribution in [3.63, 3.8) is 0 Å². The van der Waals surface area contributed by atoms with Crippen LogP contribution in [0.4, 0.5) is 0 Å². The van der Waals surface area contributed by atoms with Crippen LogP contribution in [-0.2, 0) is 7.05 Å². The fourth-order valence-electron chi connectivity index (χ4n) is 4.02. The third-order valence-electron chi connectivity index (χ3n) is 5.54. The quantitative estimate of drug-likeness (QED) is 0.448. The fourth-order valence-corrected chi connectivity index (χ4v) is 4.02. The zero-order valence-electron chi connectivity index (χ0n) is 18.2. The minimum absolute atomic E-state index is 0.145. The number of quaternary nitrogens is 1. The number of hydrogen-bond acceptors (Lipinski definition) is 5. The van der Waals surface area contributed by atoms with E-state index >= 15 is 0 Å². The molecule has 3 aromatic heterocycles. The fraction of sp³-hybridized carbons (Fsp3) is 0.304. The summed E-state index contributed by atoms with van der Waals surface area (Å²) in [6, 6.07) is 7.62. The number of likely N-dealkylation sites (N-methyl/N-ethyl adjacent to an activating group) is 1. The van der Waals surface area contributed by atoms with Crippen molar-refractivity contribution < 1.29 is 10.1 Å². The topological polar surface area (TPSA) is 102 Å². The summed E-state index contributed by atoms with van der Waals surface area (Å²) in [6.07, 6.45) is 5.23. The van der Waals surface area contributed by atoms with Crippen molar-refractivity contribution in [2.45, 2.75) is 19.9 Å². The molecule has 8 heteroatoms. The third-order valence-corrected chi connectivity index (χ3v) is 5.54. The van der Waals surface area contributed by atoms with Crippen LogP contribution in [0.25, 0.3) is 33.1 Å². The lowest BCUT2D eigenvalue weighted by Gasteiger charge is -2.16. The van der Waals surface area contributed by atoms with Gasteiger partial charge in [0.25, 0.3) is 0 Å². The Bertz CT molecular complexity index is 1340. The first-order valence-electron chi connectivity index (χ1n) is 10.4. The average molecular weight is 420 g/mol. The highest BCUT2D eigenvalue weighted by atomic mass is 16.5. The summed E-state index contributed by atoms with van der Waals surface area (Å²) in [5, 5.41) is 11.2. The number of hydrogen-bond donors (Lipinski definition) is 2. The van der Waals surface area contributed by atoms with Crippen molar-refractivity contribution in [2.24, 2.45) is 7.05 Å². The van der Waals surface area contributed by atoms with Gasteiger partial charge in [-0.3, -0.25) is 19.1 Å². The Balaban J connectivity index is 2.01.